The molecule has 0 radical (unpaired) electrons. The Hall–Kier alpha value is -3.23. The van der Waals surface area contributed by atoms with E-state index in [4.69, 9.17) is 11.6 Å². The molecule has 182 valence electrons. The molecule has 2 N–H and O–H groups in total. The highest BCUT2D eigenvalue weighted by atomic mass is 35.5. The maximum Gasteiger partial charge on any atom is 0.275 e. The molecule has 2 aromatic carbocycles. The van der Waals surface area contributed by atoms with Crippen molar-refractivity contribution >= 4 is 46.3 Å². The van der Waals surface area contributed by atoms with Gasteiger partial charge in [0.15, 0.2) is 0 Å². The monoisotopic (exact) mass is 510 g/mol. The molecular formula is C26H27ClN4O3S. The van der Waals surface area contributed by atoms with Crippen molar-refractivity contribution in [2.75, 3.05) is 25.0 Å². The number of carbonyl (C=O) groups excluding carboxylic acids is 3. The summed E-state index contributed by atoms with van der Waals surface area (Å²) >= 11 is 7.50. The number of amides is 3. The quantitative estimate of drug-likeness (QED) is 0.470. The van der Waals surface area contributed by atoms with Crippen LogP contribution in [0.25, 0.3) is 11.1 Å². The summed E-state index contributed by atoms with van der Waals surface area (Å²) in [6.45, 7) is 3.11. The molecule has 1 fully saturated rings. The Balaban J connectivity index is 1.35. The lowest BCUT2D eigenvalue weighted by atomic mass is 9.97. The minimum atomic E-state index is -0.250. The molecule has 0 unspecified atom stereocenters. The van der Waals surface area contributed by atoms with E-state index in [1.165, 1.54) is 18.3 Å². The maximum atomic E-state index is 13.0. The van der Waals surface area contributed by atoms with Gasteiger partial charge < -0.3 is 15.5 Å². The largest absolute Gasteiger partial charge is 0.356 e. The van der Waals surface area contributed by atoms with Crippen LogP contribution in [0.15, 0.2) is 53.9 Å². The third-order valence-corrected chi connectivity index (χ3v) is 7.25. The highest BCUT2D eigenvalue weighted by Gasteiger charge is 2.26. The Morgan fingerprint density at radius 2 is 1.80 bits per heavy atom. The van der Waals surface area contributed by atoms with E-state index >= 15 is 0 Å². The summed E-state index contributed by atoms with van der Waals surface area (Å²) in [7, 11) is 0. The van der Waals surface area contributed by atoms with Gasteiger partial charge in [0.25, 0.3) is 5.91 Å². The average Bonchev–Trinajstić information content (AvgIpc) is 3.35. The van der Waals surface area contributed by atoms with Crippen LogP contribution in [0.1, 0.15) is 47.6 Å². The summed E-state index contributed by atoms with van der Waals surface area (Å²) in [5, 5.41) is 9.03. The fourth-order valence-corrected chi connectivity index (χ4v) is 5.22. The Morgan fingerprint density at radius 1 is 1.09 bits per heavy atom. The highest BCUT2D eigenvalue weighted by Crippen LogP contribution is 2.32. The van der Waals surface area contributed by atoms with Crippen LogP contribution in [0, 0.1) is 0 Å². The van der Waals surface area contributed by atoms with Crippen molar-refractivity contribution in [2.45, 2.75) is 32.1 Å². The van der Waals surface area contributed by atoms with Gasteiger partial charge in [0.1, 0.15) is 5.69 Å². The average molecular weight is 511 g/mol. The lowest BCUT2D eigenvalue weighted by Crippen LogP contribution is -2.39. The van der Waals surface area contributed by atoms with Crippen LogP contribution in [0.2, 0.25) is 5.02 Å². The normalized spacial score (nSPS) is 13.9. The lowest BCUT2D eigenvalue weighted by molar-refractivity contribution is -0.132. The van der Waals surface area contributed by atoms with E-state index in [9.17, 15) is 14.4 Å². The number of nitrogens with zero attached hydrogens (tertiary/aromatic N) is 2. The number of likely N-dealkylation sites (tertiary alicyclic amines) is 1. The molecule has 0 atom stereocenters. The Labute approximate surface area is 213 Å². The molecular weight excluding hydrogens is 484 g/mol. The molecule has 35 heavy (non-hydrogen) atoms. The van der Waals surface area contributed by atoms with Crippen molar-refractivity contribution in [3.05, 3.63) is 69.6 Å². The van der Waals surface area contributed by atoms with Gasteiger partial charge in [-0.2, -0.15) is 0 Å². The van der Waals surface area contributed by atoms with Crippen LogP contribution < -0.4 is 10.6 Å². The van der Waals surface area contributed by atoms with Crippen LogP contribution in [0.4, 0.5) is 5.69 Å². The molecule has 1 saturated heterocycles. The van der Waals surface area contributed by atoms with Crippen molar-refractivity contribution in [1.82, 2.24) is 15.2 Å². The van der Waals surface area contributed by atoms with Crippen molar-refractivity contribution in [1.29, 1.82) is 0 Å². The predicted molar refractivity (Wildman–Crippen MR) is 139 cm³/mol. The zero-order valence-electron chi connectivity index (χ0n) is 19.4. The molecule has 0 saturated carbocycles. The Bertz CT molecular complexity index is 1200. The van der Waals surface area contributed by atoms with Gasteiger partial charge in [-0.15, -0.1) is 11.3 Å². The molecule has 0 aliphatic carbocycles. The number of benzene rings is 2. The van der Waals surface area contributed by atoms with Gasteiger partial charge in [-0.1, -0.05) is 41.9 Å². The van der Waals surface area contributed by atoms with Gasteiger partial charge in [0, 0.05) is 60.6 Å². The second-order valence-electron chi connectivity index (χ2n) is 8.47. The molecule has 3 amide bonds. The number of rotatable bonds is 7. The van der Waals surface area contributed by atoms with Crippen LogP contribution in [-0.4, -0.2) is 47.2 Å². The van der Waals surface area contributed by atoms with Gasteiger partial charge in [0.2, 0.25) is 11.8 Å². The molecule has 1 aliphatic rings. The van der Waals surface area contributed by atoms with E-state index in [1.807, 2.05) is 53.4 Å². The first-order chi connectivity index (χ1) is 16.9. The number of piperidine rings is 1. The summed E-state index contributed by atoms with van der Waals surface area (Å²) in [5.74, 6) is -0.105. The molecule has 4 rings (SSSR count). The third kappa shape index (κ3) is 6.46. The van der Waals surface area contributed by atoms with E-state index in [0.29, 0.717) is 42.5 Å². The van der Waals surface area contributed by atoms with E-state index in [2.05, 4.69) is 15.6 Å². The zero-order valence-corrected chi connectivity index (χ0v) is 21.0. The minimum Gasteiger partial charge on any atom is -0.356 e. The first-order valence-corrected chi connectivity index (χ1v) is 12.8. The van der Waals surface area contributed by atoms with Gasteiger partial charge in [-0.25, -0.2) is 4.98 Å². The number of carbonyl (C=O) groups is 3. The van der Waals surface area contributed by atoms with E-state index in [1.54, 1.807) is 5.38 Å². The van der Waals surface area contributed by atoms with Crippen molar-refractivity contribution in [2.24, 2.45) is 0 Å². The van der Waals surface area contributed by atoms with E-state index < -0.39 is 0 Å². The number of para-hydroxylation sites is 1. The van der Waals surface area contributed by atoms with Crippen LogP contribution >= 0.6 is 22.9 Å². The smallest absolute Gasteiger partial charge is 0.275 e. The van der Waals surface area contributed by atoms with E-state index in [-0.39, 0.29) is 23.6 Å². The highest BCUT2D eigenvalue weighted by molar-refractivity contribution is 7.10. The molecule has 2 heterocycles. The second kappa shape index (κ2) is 11.5. The maximum absolute atomic E-state index is 13.0. The molecule has 0 bridgehead atoms. The fraction of sp³-hybridized carbons (Fsp3) is 0.308. The number of aromatic nitrogens is 1. The molecule has 1 aromatic heterocycles. The van der Waals surface area contributed by atoms with Crippen molar-refractivity contribution in [3.8, 4) is 11.1 Å². The second-order valence-corrected chi connectivity index (χ2v) is 9.79. The summed E-state index contributed by atoms with van der Waals surface area (Å²) in [4.78, 5) is 42.7. The van der Waals surface area contributed by atoms with Crippen LogP contribution in [0.3, 0.4) is 0 Å². The number of thiazole rings is 1. The number of hydrogen-bond donors (Lipinski definition) is 2. The summed E-state index contributed by atoms with van der Waals surface area (Å²) in [5.41, 5.74) is 2.97. The standard InChI is InChI=1S/C26H27ClN4O3S/c1-17(32)28-13-10-24(33)31-14-11-19(12-15-31)26-30-23(16-35-26)25(34)29-22-5-3-2-4-21(22)18-6-8-20(27)9-7-18/h2-9,16,19H,10-15H2,1H3,(H,28,32)(H,29,34). The SMILES string of the molecule is CC(=O)NCCC(=O)N1CCC(c2nc(C(=O)Nc3ccccc3-c3ccc(Cl)cc3)cs2)CC1. The molecule has 0 spiro atoms. The number of hydrogen-bond acceptors (Lipinski definition) is 5. The third-order valence-electron chi connectivity index (χ3n) is 5.99. The minimum absolute atomic E-state index is 0.0516. The summed E-state index contributed by atoms with van der Waals surface area (Å²) < 4.78 is 0. The Morgan fingerprint density at radius 3 is 2.51 bits per heavy atom. The zero-order chi connectivity index (χ0) is 24.8. The van der Waals surface area contributed by atoms with Crippen LogP contribution in [0.5, 0.6) is 0 Å². The topological polar surface area (TPSA) is 91.4 Å². The Kier molecular flexibility index (Phi) is 8.15. The van der Waals surface area contributed by atoms with Gasteiger partial charge in [-0.05, 0) is 36.6 Å². The lowest BCUT2D eigenvalue weighted by Gasteiger charge is -2.31. The fourth-order valence-electron chi connectivity index (χ4n) is 4.12. The van der Waals surface area contributed by atoms with Crippen LogP contribution in [-0.2, 0) is 9.59 Å². The van der Waals surface area contributed by atoms with Crippen molar-refractivity contribution < 1.29 is 14.4 Å². The summed E-state index contributed by atoms with van der Waals surface area (Å²) in [6.07, 6.45) is 1.92. The number of anilines is 1. The number of halogens is 1. The predicted octanol–water partition coefficient (Wildman–Crippen LogP) is 4.95. The van der Waals surface area contributed by atoms with Gasteiger partial charge in [-0.3, -0.25) is 14.4 Å². The number of nitrogens with one attached hydrogen (secondary N) is 2. The van der Waals surface area contributed by atoms with Crippen molar-refractivity contribution in [3.63, 3.8) is 0 Å². The van der Waals surface area contributed by atoms with E-state index in [0.717, 1.165) is 29.0 Å². The molecule has 7 nitrogen and oxygen atoms in total. The van der Waals surface area contributed by atoms with Gasteiger partial charge >= 0.3 is 0 Å². The molecule has 9 heteroatoms. The first-order valence-electron chi connectivity index (χ1n) is 11.5. The first kappa shape index (κ1) is 24.9. The summed E-state index contributed by atoms with van der Waals surface area (Å²) in [6, 6.07) is 15.1. The molecule has 1 aliphatic heterocycles. The molecule has 3 aromatic rings. The van der Waals surface area contributed by atoms with Gasteiger partial charge in [0.05, 0.1) is 5.01 Å².